The third-order valence-electron chi connectivity index (χ3n) is 2.83. The van der Waals surface area contributed by atoms with Crippen LogP contribution in [0.25, 0.3) is 11.5 Å². The lowest BCUT2D eigenvalue weighted by molar-refractivity contribution is -0.120. The Morgan fingerprint density at radius 2 is 2.09 bits per heavy atom. The Kier molecular flexibility index (Phi) is 5.85. The number of halogens is 1. The van der Waals surface area contributed by atoms with E-state index >= 15 is 0 Å². The molecule has 0 aliphatic rings. The Morgan fingerprint density at radius 1 is 1.36 bits per heavy atom. The van der Waals surface area contributed by atoms with Gasteiger partial charge in [0.05, 0.1) is 21.6 Å². The molecule has 118 valence electrons. The maximum atomic E-state index is 11.8. The highest BCUT2D eigenvalue weighted by atomic mass is 35.5. The molecule has 2 rings (SSSR count). The van der Waals surface area contributed by atoms with Crippen LogP contribution in [0.4, 0.5) is 0 Å². The lowest BCUT2D eigenvalue weighted by Gasteiger charge is -2.13. The SMILES string of the molecule is CC(C)NC(=O)C(C)SCc1noc(-c2ccccc2Cl)n1. The molecule has 0 spiro atoms. The van der Waals surface area contributed by atoms with Crippen molar-refractivity contribution in [3.8, 4) is 11.5 Å². The topological polar surface area (TPSA) is 68.0 Å². The molecule has 0 bridgehead atoms. The molecule has 1 N–H and O–H groups in total. The van der Waals surface area contributed by atoms with Gasteiger partial charge >= 0.3 is 0 Å². The molecule has 22 heavy (non-hydrogen) atoms. The number of hydrogen-bond acceptors (Lipinski definition) is 5. The van der Waals surface area contributed by atoms with Gasteiger partial charge in [0, 0.05) is 6.04 Å². The minimum absolute atomic E-state index is 0.00909. The van der Waals surface area contributed by atoms with Crippen LogP contribution in [0, 0.1) is 0 Å². The number of rotatable bonds is 6. The van der Waals surface area contributed by atoms with Gasteiger partial charge in [0.1, 0.15) is 0 Å². The molecule has 2 aromatic rings. The predicted octanol–water partition coefficient (Wildman–Crippen LogP) is 3.54. The molecule has 0 radical (unpaired) electrons. The van der Waals surface area contributed by atoms with Crippen LogP contribution in [0.1, 0.15) is 26.6 Å². The Labute approximate surface area is 138 Å². The zero-order chi connectivity index (χ0) is 16.1. The number of thioether (sulfide) groups is 1. The first-order valence-electron chi connectivity index (χ1n) is 6.97. The molecule has 0 fully saturated rings. The number of carbonyl (C=O) groups excluding carboxylic acids is 1. The fourth-order valence-electron chi connectivity index (χ4n) is 1.73. The molecule has 0 aliphatic carbocycles. The molecule has 0 saturated heterocycles. The molecule has 1 amide bonds. The summed E-state index contributed by atoms with van der Waals surface area (Å²) >= 11 is 7.56. The van der Waals surface area contributed by atoms with Crippen molar-refractivity contribution in [3.05, 3.63) is 35.1 Å². The number of hydrogen-bond donors (Lipinski definition) is 1. The molecule has 5 nitrogen and oxygen atoms in total. The molecule has 7 heteroatoms. The van der Waals surface area contributed by atoms with Crippen molar-refractivity contribution in [1.82, 2.24) is 15.5 Å². The zero-order valence-electron chi connectivity index (χ0n) is 12.7. The van der Waals surface area contributed by atoms with E-state index in [4.69, 9.17) is 16.1 Å². The van der Waals surface area contributed by atoms with Gasteiger partial charge in [0.25, 0.3) is 5.89 Å². The molecule has 1 atom stereocenters. The van der Waals surface area contributed by atoms with Crippen LogP contribution in [0.15, 0.2) is 28.8 Å². The van der Waals surface area contributed by atoms with E-state index in [0.717, 1.165) is 0 Å². The number of amides is 1. The normalized spacial score (nSPS) is 12.4. The third-order valence-corrected chi connectivity index (χ3v) is 4.30. The first-order valence-corrected chi connectivity index (χ1v) is 8.39. The van der Waals surface area contributed by atoms with Crippen molar-refractivity contribution in [2.24, 2.45) is 0 Å². The molecule has 1 unspecified atom stereocenters. The number of nitrogens with zero attached hydrogens (tertiary/aromatic N) is 2. The van der Waals surface area contributed by atoms with Gasteiger partial charge in [-0.05, 0) is 32.9 Å². The summed E-state index contributed by atoms with van der Waals surface area (Å²) < 4.78 is 5.23. The minimum Gasteiger partial charge on any atom is -0.353 e. The minimum atomic E-state index is -0.176. The Bertz CT molecular complexity index is 645. The Morgan fingerprint density at radius 3 is 2.77 bits per heavy atom. The first kappa shape index (κ1) is 16.8. The second-order valence-corrected chi connectivity index (χ2v) is 6.85. The molecular weight excluding hydrogens is 322 g/mol. The Balaban J connectivity index is 1.96. The molecule has 0 saturated carbocycles. The van der Waals surface area contributed by atoms with Gasteiger partial charge < -0.3 is 9.84 Å². The highest BCUT2D eigenvalue weighted by molar-refractivity contribution is 7.99. The van der Waals surface area contributed by atoms with Gasteiger partial charge in [-0.25, -0.2) is 0 Å². The molecule has 1 aromatic carbocycles. The molecule has 1 aromatic heterocycles. The molecule has 0 aliphatic heterocycles. The van der Waals surface area contributed by atoms with E-state index in [1.807, 2.05) is 39.0 Å². The van der Waals surface area contributed by atoms with E-state index in [2.05, 4.69) is 15.5 Å². The first-order chi connectivity index (χ1) is 10.5. The van der Waals surface area contributed by atoms with Crippen molar-refractivity contribution in [2.75, 3.05) is 0 Å². The number of nitrogens with one attached hydrogen (secondary N) is 1. The van der Waals surface area contributed by atoms with Crippen LogP contribution in [-0.4, -0.2) is 27.3 Å². The summed E-state index contributed by atoms with van der Waals surface area (Å²) in [6.07, 6.45) is 0. The number of benzene rings is 1. The van der Waals surface area contributed by atoms with Gasteiger partial charge in [-0.3, -0.25) is 4.79 Å². The van der Waals surface area contributed by atoms with Crippen molar-refractivity contribution in [2.45, 2.75) is 37.8 Å². The van der Waals surface area contributed by atoms with Gasteiger partial charge in [0.15, 0.2) is 5.82 Å². The van der Waals surface area contributed by atoms with Crippen molar-refractivity contribution < 1.29 is 9.32 Å². The van der Waals surface area contributed by atoms with E-state index < -0.39 is 0 Å². The van der Waals surface area contributed by atoms with Crippen LogP contribution in [0.5, 0.6) is 0 Å². The average Bonchev–Trinajstić information content (AvgIpc) is 2.93. The van der Waals surface area contributed by atoms with Crippen LogP contribution >= 0.6 is 23.4 Å². The van der Waals surface area contributed by atoms with Gasteiger partial charge in [-0.2, -0.15) is 4.98 Å². The summed E-state index contributed by atoms with van der Waals surface area (Å²) in [4.78, 5) is 16.2. The van der Waals surface area contributed by atoms with Crippen LogP contribution in [-0.2, 0) is 10.5 Å². The van der Waals surface area contributed by atoms with E-state index in [1.165, 1.54) is 11.8 Å². The summed E-state index contributed by atoms with van der Waals surface area (Å²) in [5.74, 6) is 1.44. The third kappa shape index (κ3) is 4.48. The second kappa shape index (κ2) is 7.65. The molecule has 1 heterocycles. The fraction of sp³-hybridized carbons (Fsp3) is 0.400. The van der Waals surface area contributed by atoms with Crippen LogP contribution < -0.4 is 5.32 Å². The lowest BCUT2D eigenvalue weighted by atomic mass is 10.2. The largest absolute Gasteiger partial charge is 0.353 e. The van der Waals surface area contributed by atoms with E-state index in [9.17, 15) is 4.79 Å². The quantitative estimate of drug-likeness (QED) is 0.871. The zero-order valence-corrected chi connectivity index (χ0v) is 14.2. The number of carbonyl (C=O) groups is 1. The highest BCUT2D eigenvalue weighted by Gasteiger charge is 2.17. The summed E-state index contributed by atoms with van der Waals surface area (Å²) in [7, 11) is 0. The van der Waals surface area contributed by atoms with Gasteiger partial charge in [-0.1, -0.05) is 28.9 Å². The molecular formula is C15H18ClN3O2S. The average molecular weight is 340 g/mol. The lowest BCUT2D eigenvalue weighted by Crippen LogP contribution is -2.35. The second-order valence-electron chi connectivity index (χ2n) is 5.11. The van der Waals surface area contributed by atoms with E-state index in [-0.39, 0.29) is 17.2 Å². The summed E-state index contributed by atoms with van der Waals surface area (Å²) in [5, 5.41) is 7.19. The Hall–Kier alpha value is -1.53. The number of aromatic nitrogens is 2. The van der Waals surface area contributed by atoms with Gasteiger partial charge in [-0.15, -0.1) is 11.8 Å². The van der Waals surface area contributed by atoms with Crippen LogP contribution in [0.2, 0.25) is 5.02 Å². The van der Waals surface area contributed by atoms with Crippen molar-refractivity contribution in [3.63, 3.8) is 0 Å². The summed E-state index contributed by atoms with van der Waals surface area (Å²) in [6.45, 7) is 5.73. The fourth-order valence-corrected chi connectivity index (χ4v) is 2.69. The summed E-state index contributed by atoms with van der Waals surface area (Å²) in [5.41, 5.74) is 0.707. The van der Waals surface area contributed by atoms with E-state index in [0.29, 0.717) is 28.1 Å². The summed E-state index contributed by atoms with van der Waals surface area (Å²) in [6, 6.07) is 7.43. The highest BCUT2D eigenvalue weighted by Crippen LogP contribution is 2.26. The van der Waals surface area contributed by atoms with Crippen LogP contribution in [0.3, 0.4) is 0 Å². The van der Waals surface area contributed by atoms with E-state index in [1.54, 1.807) is 6.07 Å². The standard InChI is InChI=1S/C15H18ClN3O2S/c1-9(2)17-14(20)10(3)22-8-13-18-15(21-19-13)11-6-4-5-7-12(11)16/h4-7,9-10H,8H2,1-3H3,(H,17,20). The monoisotopic (exact) mass is 339 g/mol. The predicted molar refractivity (Wildman–Crippen MR) is 88.8 cm³/mol. The van der Waals surface area contributed by atoms with Gasteiger partial charge in [0.2, 0.25) is 5.91 Å². The maximum absolute atomic E-state index is 11.8. The van der Waals surface area contributed by atoms with Crippen molar-refractivity contribution in [1.29, 1.82) is 0 Å². The smallest absolute Gasteiger partial charge is 0.259 e. The maximum Gasteiger partial charge on any atom is 0.259 e. The van der Waals surface area contributed by atoms with Crippen molar-refractivity contribution >= 4 is 29.3 Å².